The number of rotatable bonds is 2. The normalized spacial score (nSPS) is 15.6. The second kappa shape index (κ2) is 3.29. The van der Waals surface area contributed by atoms with Crippen molar-refractivity contribution in [3.8, 4) is 0 Å². The maximum Gasteiger partial charge on any atom is 0.234 e. The van der Waals surface area contributed by atoms with Gasteiger partial charge in [-0.15, -0.1) is 0 Å². The largest absolute Gasteiger partial charge is 0.282 e. The van der Waals surface area contributed by atoms with E-state index in [0.29, 0.717) is 0 Å². The Labute approximate surface area is 58.6 Å². The van der Waals surface area contributed by atoms with E-state index in [2.05, 4.69) is 8.91 Å². The summed E-state index contributed by atoms with van der Waals surface area (Å²) in [7, 11) is 1.40. The Morgan fingerprint density at radius 2 is 1.89 bits per heavy atom. The molecule has 0 bridgehead atoms. The van der Waals surface area contributed by atoms with Crippen molar-refractivity contribution >= 4 is 11.3 Å². The molecule has 0 heterocycles. The van der Waals surface area contributed by atoms with E-state index in [1.807, 2.05) is 20.8 Å². The molecule has 0 aromatic rings. The summed E-state index contributed by atoms with van der Waals surface area (Å²) in [6.07, 6.45) is 0. The molecule has 1 N–H and O–H groups in total. The lowest BCUT2D eigenvalue weighted by Gasteiger charge is -2.17. The maximum atomic E-state index is 10.6. The highest BCUT2D eigenvalue weighted by Crippen LogP contribution is 1.98. The highest BCUT2D eigenvalue weighted by molar-refractivity contribution is 7.78. The molecule has 0 aliphatic carbocycles. The lowest BCUT2D eigenvalue weighted by molar-refractivity contribution is 0.411. The zero-order valence-corrected chi connectivity index (χ0v) is 7.04. The summed E-state index contributed by atoms with van der Waals surface area (Å²) in [5.74, 6) is 0. The van der Waals surface area contributed by atoms with Crippen LogP contribution in [0.4, 0.5) is 0 Å². The van der Waals surface area contributed by atoms with E-state index < -0.39 is 11.3 Å². The van der Waals surface area contributed by atoms with Gasteiger partial charge < -0.3 is 0 Å². The van der Waals surface area contributed by atoms with Crippen LogP contribution in [0.5, 0.6) is 0 Å². The summed E-state index contributed by atoms with van der Waals surface area (Å²) < 4.78 is 17.8. The molecular formula is C5H13NO2S. The van der Waals surface area contributed by atoms with Crippen LogP contribution >= 0.6 is 0 Å². The third kappa shape index (κ3) is 5.95. The van der Waals surface area contributed by atoms with Crippen LogP contribution in [0.15, 0.2) is 0 Å². The monoisotopic (exact) mass is 151 g/mol. The SMILES string of the molecule is COS(=O)NC(C)(C)C. The molecule has 0 aliphatic rings. The average Bonchev–Trinajstić information content (AvgIpc) is 1.62. The molecule has 0 fully saturated rings. The van der Waals surface area contributed by atoms with Crippen LogP contribution in [-0.4, -0.2) is 16.9 Å². The smallest absolute Gasteiger partial charge is 0.234 e. The van der Waals surface area contributed by atoms with Gasteiger partial charge in [-0.2, -0.15) is 0 Å². The van der Waals surface area contributed by atoms with Gasteiger partial charge in [0.2, 0.25) is 11.3 Å². The summed E-state index contributed by atoms with van der Waals surface area (Å²) in [4.78, 5) is 0. The number of hydrogen-bond acceptors (Lipinski definition) is 2. The van der Waals surface area contributed by atoms with Crippen molar-refractivity contribution in [3.63, 3.8) is 0 Å². The number of hydrogen-bond donors (Lipinski definition) is 1. The quantitative estimate of drug-likeness (QED) is 0.627. The number of nitrogens with one attached hydrogen (secondary N) is 1. The molecule has 0 radical (unpaired) electrons. The fourth-order valence-electron chi connectivity index (χ4n) is 0.292. The Kier molecular flexibility index (Phi) is 3.32. The topological polar surface area (TPSA) is 38.3 Å². The fraction of sp³-hybridized carbons (Fsp3) is 1.00. The standard InChI is InChI=1S/C5H13NO2S/c1-5(2,3)6-9(7)8-4/h6H,1-4H3. The van der Waals surface area contributed by atoms with Crippen LogP contribution in [0, 0.1) is 0 Å². The molecule has 0 spiro atoms. The van der Waals surface area contributed by atoms with Gasteiger partial charge in [0.15, 0.2) is 0 Å². The highest BCUT2D eigenvalue weighted by atomic mass is 32.2. The minimum Gasteiger partial charge on any atom is -0.282 e. The van der Waals surface area contributed by atoms with E-state index in [9.17, 15) is 4.21 Å². The van der Waals surface area contributed by atoms with Crippen LogP contribution in [-0.2, 0) is 15.4 Å². The Morgan fingerprint density at radius 1 is 1.44 bits per heavy atom. The van der Waals surface area contributed by atoms with E-state index in [1.54, 1.807) is 0 Å². The molecule has 0 rings (SSSR count). The zero-order valence-electron chi connectivity index (χ0n) is 6.22. The van der Waals surface area contributed by atoms with Crippen LogP contribution in [0.25, 0.3) is 0 Å². The Morgan fingerprint density at radius 3 is 2.00 bits per heavy atom. The van der Waals surface area contributed by atoms with Gasteiger partial charge in [0.05, 0.1) is 7.11 Å². The molecule has 1 unspecified atom stereocenters. The third-order valence-electron chi connectivity index (χ3n) is 0.541. The van der Waals surface area contributed by atoms with E-state index in [-0.39, 0.29) is 5.54 Å². The second-order valence-corrected chi connectivity index (χ2v) is 3.76. The van der Waals surface area contributed by atoms with Crippen molar-refractivity contribution in [2.24, 2.45) is 0 Å². The Bertz CT molecular complexity index is 108. The first-order valence-electron chi connectivity index (χ1n) is 2.70. The molecule has 0 amide bonds. The minimum absolute atomic E-state index is 0.152. The Hall–Kier alpha value is 0.0700. The molecule has 0 aliphatic heterocycles. The zero-order chi connectivity index (χ0) is 7.49. The first-order valence-corrected chi connectivity index (χ1v) is 3.77. The average molecular weight is 151 g/mol. The third-order valence-corrected chi connectivity index (χ3v) is 1.62. The molecule has 0 saturated heterocycles. The van der Waals surface area contributed by atoms with Gasteiger partial charge in [0, 0.05) is 5.54 Å². The van der Waals surface area contributed by atoms with Crippen molar-refractivity contribution in [1.82, 2.24) is 4.72 Å². The maximum absolute atomic E-state index is 10.6. The van der Waals surface area contributed by atoms with E-state index >= 15 is 0 Å². The molecule has 0 saturated carbocycles. The fourth-order valence-corrected chi connectivity index (χ4v) is 0.875. The summed E-state index contributed by atoms with van der Waals surface area (Å²) in [6, 6.07) is 0. The van der Waals surface area contributed by atoms with Crippen molar-refractivity contribution < 1.29 is 8.39 Å². The summed E-state index contributed by atoms with van der Waals surface area (Å²) in [5, 5.41) is 0. The highest BCUT2D eigenvalue weighted by Gasteiger charge is 2.11. The first kappa shape index (κ1) is 9.07. The van der Waals surface area contributed by atoms with Crippen molar-refractivity contribution in [2.75, 3.05) is 7.11 Å². The molecule has 3 nitrogen and oxygen atoms in total. The molecule has 9 heavy (non-hydrogen) atoms. The van der Waals surface area contributed by atoms with Gasteiger partial charge in [-0.05, 0) is 20.8 Å². The van der Waals surface area contributed by atoms with Crippen LogP contribution in [0.1, 0.15) is 20.8 Å². The van der Waals surface area contributed by atoms with Crippen molar-refractivity contribution in [2.45, 2.75) is 26.3 Å². The van der Waals surface area contributed by atoms with Crippen LogP contribution in [0.2, 0.25) is 0 Å². The summed E-state index contributed by atoms with van der Waals surface area (Å²) >= 11 is -1.35. The summed E-state index contributed by atoms with van der Waals surface area (Å²) in [5.41, 5.74) is -0.152. The molecule has 0 aromatic carbocycles. The van der Waals surface area contributed by atoms with E-state index in [4.69, 9.17) is 0 Å². The predicted octanol–water partition coefficient (Wildman–Crippen LogP) is 0.600. The van der Waals surface area contributed by atoms with Crippen LogP contribution in [0.3, 0.4) is 0 Å². The van der Waals surface area contributed by atoms with E-state index in [1.165, 1.54) is 7.11 Å². The van der Waals surface area contributed by atoms with Gasteiger partial charge in [-0.1, -0.05) is 0 Å². The molecule has 0 aromatic heterocycles. The predicted molar refractivity (Wildman–Crippen MR) is 38.0 cm³/mol. The molecule has 56 valence electrons. The van der Waals surface area contributed by atoms with Gasteiger partial charge in [0.25, 0.3) is 0 Å². The summed E-state index contributed by atoms with van der Waals surface area (Å²) in [6.45, 7) is 5.76. The second-order valence-electron chi connectivity index (χ2n) is 2.75. The van der Waals surface area contributed by atoms with Crippen molar-refractivity contribution in [3.05, 3.63) is 0 Å². The van der Waals surface area contributed by atoms with Gasteiger partial charge in [0.1, 0.15) is 0 Å². The van der Waals surface area contributed by atoms with Gasteiger partial charge in [-0.25, -0.2) is 8.93 Å². The first-order chi connectivity index (χ1) is 3.95. The van der Waals surface area contributed by atoms with Crippen molar-refractivity contribution in [1.29, 1.82) is 0 Å². The molecule has 1 atom stereocenters. The van der Waals surface area contributed by atoms with Gasteiger partial charge in [-0.3, -0.25) is 4.18 Å². The van der Waals surface area contributed by atoms with Crippen LogP contribution < -0.4 is 4.72 Å². The van der Waals surface area contributed by atoms with Gasteiger partial charge >= 0.3 is 0 Å². The molecule has 4 heteroatoms. The minimum atomic E-state index is -1.35. The lowest BCUT2D eigenvalue weighted by Crippen LogP contribution is -2.37. The molecular weight excluding hydrogens is 138 g/mol. The Balaban J connectivity index is 3.60. The lowest BCUT2D eigenvalue weighted by atomic mass is 10.1. The van der Waals surface area contributed by atoms with E-state index in [0.717, 1.165) is 0 Å².